The van der Waals surface area contributed by atoms with E-state index in [9.17, 15) is 18.8 Å². The molecule has 0 bridgehead atoms. The van der Waals surface area contributed by atoms with Gasteiger partial charge in [-0.15, -0.1) is 0 Å². The molecule has 0 radical (unpaired) electrons. The van der Waals surface area contributed by atoms with Crippen molar-refractivity contribution in [3.05, 3.63) is 103 Å². The Balaban J connectivity index is 1.53. The van der Waals surface area contributed by atoms with E-state index in [2.05, 4.69) is 31.9 Å². The average molecular weight is 605 g/mol. The molecule has 3 aromatic carbocycles. The highest BCUT2D eigenvalue weighted by Crippen LogP contribution is 2.35. The van der Waals surface area contributed by atoms with Crippen molar-refractivity contribution in [1.82, 2.24) is 4.90 Å². The van der Waals surface area contributed by atoms with E-state index in [-0.39, 0.29) is 29.7 Å². The van der Waals surface area contributed by atoms with Gasteiger partial charge in [-0.3, -0.25) is 19.3 Å². The number of Topliss-reactive ketones (excluding diaryl/α,β-unsaturated/α-hetero) is 1. The molecule has 0 saturated carbocycles. The zero-order valence-corrected chi connectivity index (χ0v) is 21.5. The molecular weight excluding hydrogens is 589 g/mol. The third kappa shape index (κ3) is 5.65. The lowest BCUT2D eigenvalue weighted by Crippen LogP contribution is -2.33. The number of nitrogens with zero attached hydrogens (tertiary/aromatic N) is 1. The minimum Gasteiger partial charge on any atom is -0.488 e. The number of ether oxygens (including phenoxy) is 1. The van der Waals surface area contributed by atoms with Crippen molar-refractivity contribution >= 4 is 66.6 Å². The first kappa shape index (κ1) is 24.4. The van der Waals surface area contributed by atoms with Crippen molar-refractivity contribution in [1.29, 1.82) is 0 Å². The molecule has 1 aliphatic heterocycles. The second kappa shape index (κ2) is 10.7. The molecule has 0 spiro atoms. The number of thioether (sulfide) groups is 1. The first-order valence-electron chi connectivity index (χ1n) is 10.0. The predicted octanol–water partition coefficient (Wildman–Crippen LogP) is 6.85. The maximum absolute atomic E-state index is 13.9. The van der Waals surface area contributed by atoms with E-state index in [0.29, 0.717) is 22.4 Å². The molecule has 2 amide bonds. The van der Waals surface area contributed by atoms with Crippen LogP contribution in [0, 0.1) is 5.82 Å². The minimum absolute atomic E-state index is 0.00167. The number of hydrogen-bond acceptors (Lipinski definition) is 5. The van der Waals surface area contributed by atoms with Gasteiger partial charge in [0, 0.05) is 25.6 Å². The first-order chi connectivity index (χ1) is 16.3. The summed E-state index contributed by atoms with van der Waals surface area (Å²) in [6, 6.07) is 18.2. The number of amides is 2. The van der Waals surface area contributed by atoms with Crippen molar-refractivity contribution in [2.45, 2.75) is 6.61 Å². The van der Waals surface area contributed by atoms with Gasteiger partial charge in [-0.25, -0.2) is 4.39 Å². The number of carbonyl (C=O) groups excluding carboxylic acids is 3. The molecule has 172 valence electrons. The number of carbonyl (C=O) groups is 3. The van der Waals surface area contributed by atoms with Crippen molar-refractivity contribution in [2.24, 2.45) is 0 Å². The molecule has 1 heterocycles. The smallest absolute Gasteiger partial charge is 0.293 e. The Morgan fingerprint density at radius 1 is 1.00 bits per heavy atom. The van der Waals surface area contributed by atoms with Gasteiger partial charge in [0.2, 0.25) is 0 Å². The van der Waals surface area contributed by atoms with Gasteiger partial charge in [-0.1, -0.05) is 62.2 Å². The highest BCUT2D eigenvalue weighted by atomic mass is 79.9. The molecule has 1 aliphatic rings. The molecule has 1 saturated heterocycles. The SMILES string of the molecule is O=C(CN1C(=O)S/C(=C\c2cc(Br)ccc2OCc2ccccc2F)C1=O)c1ccc(Br)cc1. The van der Waals surface area contributed by atoms with E-state index >= 15 is 0 Å². The number of halogens is 3. The molecule has 5 nitrogen and oxygen atoms in total. The molecule has 1 fully saturated rings. The van der Waals surface area contributed by atoms with E-state index < -0.39 is 11.1 Å². The fourth-order valence-corrected chi connectivity index (χ4v) is 4.66. The van der Waals surface area contributed by atoms with Crippen LogP contribution in [0.25, 0.3) is 6.08 Å². The van der Waals surface area contributed by atoms with Gasteiger partial charge >= 0.3 is 0 Å². The third-order valence-electron chi connectivity index (χ3n) is 4.94. The van der Waals surface area contributed by atoms with Crippen LogP contribution in [0.5, 0.6) is 5.75 Å². The normalized spacial score (nSPS) is 14.7. The van der Waals surface area contributed by atoms with Gasteiger partial charge in [-0.05, 0) is 54.2 Å². The van der Waals surface area contributed by atoms with Crippen LogP contribution in [0.4, 0.5) is 9.18 Å². The summed E-state index contributed by atoms with van der Waals surface area (Å²) in [6.45, 7) is -0.350. The molecule has 0 aromatic heterocycles. The topological polar surface area (TPSA) is 63.7 Å². The standard InChI is InChI=1S/C25H16Br2FNO4S/c26-18-7-5-15(6-8-18)21(30)13-29-24(31)23(34-25(29)32)12-17-11-19(27)9-10-22(17)33-14-16-3-1-2-4-20(16)28/h1-12H,13-14H2/b23-12-. The van der Waals surface area contributed by atoms with Gasteiger partial charge in [0.05, 0.1) is 11.4 Å². The third-order valence-corrected chi connectivity index (χ3v) is 6.87. The van der Waals surface area contributed by atoms with E-state index in [1.165, 1.54) is 12.1 Å². The summed E-state index contributed by atoms with van der Waals surface area (Å²) < 4.78 is 21.3. The van der Waals surface area contributed by atoms with Gasteiger partial charge < -0.3 is 4.74 Å². The fraction of sp³-hybridized carbons (Fsp3) is 0.0800. The van der Waals surface area contributed by atoms with Gasteiger partial charge in [-0.2, -0.15) is 0 Å². The van der Waals surface area contributed by atoms with E-state index in [4.69, 9.17) is 4.74 Å². The lowest BCUT2D eigenvalue weighted by molar-refractivity contribution is -0.122. The van der Waals surface area contributed by atoms with Crippen LogP contribution in [0.2, 0.25) is 0 Å². The Labute approximate surface area is 216 Å². The van der Waals surface area contributed by atoms with Crippen LogP contribution in [-0.4, -0.2) is 28.4 Å². The minimum atomic E-state index is -0.555. The largest absolute Gasteiger partial charge is 0.488 e. The summed E-state index contributed by atoms with van der Waals surface area (Å²) in [6.07, 6.45) is 1.54. The lowest BCUT2D eigenvalue weighted by Gasteiger charge is -2.12. The predicted molar refractivity (Wildman–Crippen MR) is 136 cm³/mol. The number of hydrogen-bond donors (Lipinski definition) is 0. The number of imide groups is 1. The molecule has 0 aliphatic carbocycles. The highest BCUT2D eigenvalue weighted by Gasteiger charge is 2.36. The summed E-state index contributed by atoms with van der Waals surface area (Å²) >= 11 is 7.46. The van der Waals surface area contributed by atoms with E-state index in [1.807, 2.05) is 0 Å². The molecule has 9 heteroatoms. The molecule has 0 N–H and O–H groups in total. The maximum atomic E-state index is 13.9. The molecular formula is C25H16Br2FNO4S. The zero-order chi connectivity index (χ0) is 24.2. The Morgan fingerprint density at radius 3 is 2.44 bits per heavy atom. The zero-order valence-electron chi connectivity index (χ0n) is 17.5. The van der Waals surface area contributed by atoms with Gasteiger partial charge in [0.25, 0.3) is 11.1 Å². The molecule has 3 aromatic rings. The Bertz CT molecular complexity index is 1310. The lowest BCUT2D eigenvalue weighted by atomic mass is 10.1. The molecule has 34 heavy (non-hydrogen) atoms. The van der Waals surface area contributed by atoms with Crippen molar-refractivity contribution < 1.29 is 23.5 Å². The van der Waals surface area contributed by atoms with E-state index in [0.717, 1.165) is 25.6 Å². The quantitative estimate of drug-likeness (QED) is 0.218. The van der Waals surface area contributed by atoms with Crippen LogP contribution in [-0.2, 0) is 11.4 Å². The highest BCUT2D eigenvalue weighted by molar-refractivity contribution is 9.10. The van der Waals surface area contributed by atoms with Crippen molar-refractivity contribution in [2.75, 3.05) is 6.54 Å². The summed E-state index contributed by atoms with van der Waals surface area (Å²) in [7, 11) is 0. The average Bonchev–Trinajstić information content (AvgIpc) is 3.07. The summed E-state index contributed by atoms with van der Waals surface area (Å²) in [5.41, 5.74) is 1.33. The van der Waals surface area contributed by atoms with Gasteiger partial charge in [0.15, 0.2) is 5.78 Å². The monoisotopic (exact) mass is 603 g/mol. The van der Waals surface area contributed by atoms with Crippen LogP contribution >= 0.6 is 43.6 Å². The van der Waals surface area contributed by atoms with Crippen LogP contribution in [0.15, 0.2) is 80.6 Å². The fourth-order valence-electron chi connectivity index (χ4n) is 3.18. The summed E-state index contributed by atoms with van der Waals surface area (Å²) in [4.78, 5) is 39.1. The molecule has 0 atom stereocenters. The van der Waals surface area contributed by atoms with Crippen LogP contribution in [0.3, 0.4) is 0 Å². The Hall–Kier alpha value is -2.75. The second-order valence-corrected chi connectivity index (χ2v) is 10.1. The van der Waals surface area contributed by atoms with E-state index in [1.54, 1.807) is 60.7 Å². The maximum Gasteiger partial charge on any atom is 0.293 e. The number of rotatable bonds is 7. The Morgan fingerprint density at radius 2 is 1.71 bits per heavy atom. The molecule has 4 rings (SSSR count). The molecule has 0 unspecified atom stereocenters. The summed E-state index contributed by atoms with van der Waals surface area (Å²) in [5, 5.41) is -0.523. The van der Waals surface area contributed by atoms with Crippen molar-refractivity contribution in [3.63, 3.8) is 0 Å². The van der Waals surface area contributed by atoms with Crippen molar-refractivity contribution in [3.8, 4) is 5.75 Å². The van der Waals surface area contributed by atoms with Gasteiger partial charge in [0.1, 0.15) is 18.2 Å². The first-order valence-corrected chi connectivity index (χ1v) is 12.4. The Kier molecular flexibility index (Phi) is 7.65. The van der Waals surface area contributed by atoms with Crippen LogP contribution in [0.1, 0.15) is 21.5 Å². The number of benzene rings is 3. The van der Waals surface area contributed by atoms with Crippen LogP contribution < -0.4 is 4.74 Å². The summed E-state index contributed by atoms with van der Waals surface area (Å²) in [5.74, 6) is -0.852. The second-order valence-electron chi connectivity index (χ2n) is 7.26. The number of ketones is 1.